The molecule has 6 heteroatoms. The Bertz CT molecular complexity index is 807. The summed E-state index contributed by atoms with van der Waals surface area (Å²) in [6.45, 7) is 0.324. The van der Waals surface area contributed by atoms with Gasteiger partial charge in [-0.2, -0.15) is 0 Å². The Hall–Kier alpha value is -3.28. The first-order valence-electron chi connectivity index (χ1n) is 7.57. The van der Waals surface area contributed by atoms with Crippen molar-refractivity contribution in [1.82, 2.24) is 0 Å². The highest BCUT2D eigenvalue weighted by Gasteiger charge is 2.12. The number of rotatable bonds is 5. The molecule has 1 aliphatic rings. The van der Waals surface area contributed by atoms with Crippen molar-refractivity contribution in [3.8, 4) is 11.5 Å². The Morgan fingerprint density at radius 1 is 1.08 bits per heavy atom. The molecule has 0 fully saturated rings. The lowest BCUT2D eigenvalue weighted by Gasteiger charge is -2.04. The molecule has 0 bridgehead atoms. The molecule has 0 aromatic heterocycles. The quantitative estimate of drug-likeness (QED) is 0.616. The van der Waals surface area contributed by atoms with Crippen LogP contribution in [0.25, 0.3) is 6.08 Å². The van der Waals surface area contributed by atoms with Crippen LogP contribution in [0.1, 0.15) is 21.5 Å². The number of carbonyl (C=O) groups is 2. The van der Waals surface area contributed by atoms with Gasteiger partial charge >= 0.3 is 11.9 Å². The van der Waals surface area contributed by atoms with Crippen LogP contribution in [0.5, 0.6) is 11.5 Å². The number of ether oxygens (including phenoxy) is 4. The first kappa shape index (κ1) is 16.6. The highest BCUT2D eigenvalue weighted by Crippen LogP contribution is 2.32. The molecule has 0 aliphatic carbocycles. The summed E-state index contributed by atoms with van der Waals surface area (Å²) in [5.41, 5.74) is 2.03. The Morgan fingerprint density at radius 2 is 1.84 bits per heavy atom. The number of esters is 2. The summed E-state index contributed by atoms with van der Waals surface area (Å²) in [5.74, 6) is 0.473. The van der Waals surface area contributed by atoms with E-state index in [1.807, 2.05) is 6.07 Å². The van der Waals surface area contributed by atoms with Crippen molar-refractivity contribution in [2.45, 2.75) is 6.61 Å². The fourth-order valence-electron chi connectivity index (χ4n) is 2.24. The molecular weight excluding hydrogens is 324 g/mol. The van der Waals surface area contributed by atoms with Crippen molar-refractivity contribution < 1.29 is 28.5 Å². The van der Waals surface area contributed by atoms with E-state index in [0.29, 0.717) is 17.1 Å². The summed E-state index contributed by atoms with van der Waals surface area (Å²) in [4.78, 5) is 23.2. The zero-order valence-corrected chi connectivity index (χ0v) is 13.6. The smallest absolute Gasteiger partial charge is 0.337 e. The zero-order chi connectivity index (χ0) is 17.6. The molecule has 25 heavy (non-hydrogen) atoms. The molecule has 0 saturated carbocycles. The van der Waals surface area contributed by atoms with Gasteiger partial charge in [0.05, 0.1) is 12.7 Å². The van der Waals surface area contributed by atoms with Crippen molar-refractivity contribution >= 4 is 18.0 Å². The second-order valence-corrected chi connectivity index (χ2v) is 5.24. The molecule has 3 rings (SSSR count). The van der Waals surface area contributed by atoms with E-state index >= 15 is 0 Å². The third-order valence-corrected chi connectivity index (χ3v) is 3.56. The SMILES string of the molecule is COC(=O)c1ccc(COC(=O)/C=C/c2ccc3c(c2)OCO3)cc1. The highest BCUT2D eigenvalue weighted by molar-refractivity contribution is 5.89. The molecular formula is C19H16O6. The van der Waals surface area contributed by atoms with E-state index in [1.54, 1.807) is 42.5 Å². The lowest BCUT2D eigenvalue weighted by molar-refractivity contribution is -0.138. The summed E-state index contributed by atoms with van der Waals surface area (Å²) in [6.07, 6.45) is 2.99. The third kappa shape index (κ3) is 4.17. The number of hydrogen-bond donors (Lipinski definition) is 0. The molecule has 128 valence electrons. The molecule has 0 unspecified atom stereocenters. The molecule has 0 atom stereocenters. The zero-order valence-electron chi connectivity index (χ0n) is 13.6. The van der Waals surface area contributed by atoms with Gasteiger partial charge in [-0.15, -0.1) is 0 Å². The van der Waals surface area contributed by atoms with Crippen LogP contribution in [0.3, 0.4) is 0 Å². The topological polar surface area (TPSA) is 71.1 Å². The van der Waals surface area contributed by atoms with Gasteiger partial charge in [0.2, 0.25) is 6.79 Å². The Labute approximate surface area is 144 Å². The second-order valence-electron chi connectivity index (χ2n) is 5.24. The fourth-order valence-corrected chi connectivity index (χ4v) is 2.24. The van der Waals surface area contributed by atoms with Crippen LogP contribution in [0.2, 0.25) is 0 Å². The van der Waals surface area contributed by atoms with Gasteiger partial charge in [-0.1, -0.05) is 18.2 Å². The van der Waals surface area contributed by atoms with E-state index in [2.05, 4.69) is 4.74 Å². The summed E-state index contributed by atoms with van der Waals surface area (Å²) in [7, 11) is 1.32. The van der Waals surface area contributed by atoms with Crippen LogP contribution in [-0.4, -0.2) is 25.8 Å². The van der Waals surface area contributed by atoms with Gasteiger partial charge in [0, 0.05) is 6.08 Å². The third-order valence-electron chi connectivity index (χ3n) is 3.56. The number of fused-ring (bicyclic) bond motifs is 1. The van der Waals surface area contributed by atoms with Gasteiger partial charge in [-0.3, -0.25) is 0 Å². The summed E-state index contributed by atoms with van der Waals surface area (Å²) in [5, 5.41) is 0. The number of methoxy groups -OCH3 is 1. The number of hydrogen-bond acceptors (Lipinski definition) is 6. The minimum absolute atomic E-state index is 0.117. The van der Waals surface area contributed by atoms with Crippen LogP contribution in [-0.2, 0) is 20.9 Å². The molecule has 1 aliphatic heterocycles. The van der Waals surface area contributed by atoms with E-state index < -0.39 is 11.9 Å². The fraction of sp³-hybridized carbons (Fsp3) is 0.158. The maximum absolute atomic E-state index is 11.8. The monoisotopic (exact) mass is 340 g/mol. The standard InChI is InChI=1S/C19H16O6/c1-22-19(21)15-6-2-14(3-7-15)11-23-18(20)9-5-13-4-8-16-17(10-13)25-12-24-16/h2-10H,11-12H2,1H3/b9-5+. The minimum atomic E-state index is -0.463. The van der Waals surface area contributed by atoms with Gasteiger partial charge in [-0.25, -0.2) is 9.59 Å². The van der Waals surface area contributed by atoms with Crippen LogP contribution in [0.15, 0.2) is 48.5 Å². The lowest BCUT2D eigenvalue weighted by Crippen LogP contribution is -2.03. The van der Waals surface area contributed by atoms with Crippen molar-refractivity contribution in [2.24, 2.45) is 0 Å². The first-order chi connectivity index (χ1) is 12.2. The summed E-state index contributed by atoms with van der Waals surface area (Å²) < 4.78 is 20.3. The van der Waals surface area contributed by atoms with Crippen molar-refractivity contribution in [1.29, 1.82) is 0 Å². The van der Waals surface area contributed by atoms with Crippen LogP contribution >= 0.6 is 0 Å². The van der Waals surface area contributed by atoms with Crippen molar-refractivity contribution in [3.63, 3.8) is 0 Å². The number of benzene rings is 2. The Kier molecular flexibility index (Phi) is 4.99. The van der Waals surface area contributed by atoms with Crippen LogP contribution < -0.4 is 9.47 Å². The van der Waals surface area contributed by atoms with Gasteiger partial charge in [-0.05, 0) is 41.5 Å². The Morgan fingerprint density at radius 3 is 2.60 bits per heavy atom. The second kappa shape index (κ2) is 7.53. The Balaban J connectivity index is 1.53. The van der Waals surface area contributed by atoms with Gasteiger partial charge < -0.3 is 18.9 Å². The predicted molar refractivity (Wildman–Crippen MR) is 89.2 cm³/mol. The maximum Gasteiger partial charge on any atom is 0.337 e. The highest BCUT2D eigenvalue weighted by atomic mass is 16.7. The molecule has 1 heterocycles. The van der Waals surface area contributed by atoms with Crippen molar-refractivity contribution in [3.05, 3.63) is 65.2 Å². The maximum atomic E-state index is 11.8. The predicted octanol–water partition coefficient (Wildman–Crippen LogP) is 2.96. The van der Waals surface area contributed by atoms with E-state index in [-0.39, 0.29) is 13.4 Å². The van der Waals surface area contributed by atoms with E-state index in [1.165, 1.54) is 13.2 Å². The average molecular weight is 340 g/mol. The van der Waals surface area contributed by atoms with Gasteiger partial charge in [0.1, 0.15) is 6.61 Å². The minimum Gasteiger partial charge on any atom is -0.465 e. The molecule has 2 aromatic carbocycles. The lowest BCUT2D eigenvalue weighted by atomic mass is 10.1. The van der Waals surface area contributed by atoms with Gasteiger partial charge in [0.15, 0.2) is 11.5 Å². The first-order valence-corrected chi connectivity index (χ1v) is 7.57. The molecule has 0 radical (unpaired) electrons. The van der Waals surface area contributed by atoms with E-state index in [9.17, 15) is 9.59 Å². The largest absolute Gasteiger partial charge is 0.465 e. The molecule has 2 aromatic rings. The van der Waals surface area contributed by atoms with E-state index in [4.69, 9.17) is 14.2 Å². The summed E-state index contributed by atoms with van der Waals surface area (Å²) >= 11 is 0. The molecule has 0 saturated heterocycles. The number of carbonyl (C=O) groups excluding carboxylic acids is 2. The normalized spacial score (nSPS) is 12.2. The van der Waals surface area contributed by atoms with E-state index in [0.717, 1.165) is 11.1 Å². The molecule has 0 N–H and O–H groups in total. The average Bonchev–Trinajstić information content (AvgIpc) is 3.12. The molecule has 6 nitrogen and oxygen atoms in total. The van der Waals surface area contributed by atoms with Crippen LogP contribution in [0.4, 0.5) is 0 Å². The molecule has 0 amide bonds. The van der Waals surface area contributed by atoms with Crippen molar-refractivity contribution in [2.75, 3.05) is 13.9 Å². The summed E-state index contributed by atoms with van der Waals surface area (Å²) in [6, 6.07) is 12.1. The van der Waals surface area contributed by atoms with Gasteiger partial charge in [0.25, 0.3) is 0 Å². The molecule has 0 spiro atoms. The van der Waals surface area contributed by atoms with Crippen LogP contribution in [0, 0.1) is 0 Å².